The summed E-state index contributed by atoms with van der Waals surface area (Å²) in [7, 11) is -4.30. The monoisotopic (exact) mass is 602 g/mol. The number of nitrogens with one attached hydrogen (secondary N) is 2. The summed E-state index contributed by atoms with van der Waals surface area (Å²) >= 11 is 6.62. The molecule has 2 heterocycles. The van der Waals surface area contributed by atoms with Crippen LogP contribution in [0.3, 0.4) is 0 Å². The predicted molar refractivity (Wildman–Crippen MR) is 152 cm³/mol. The number of carbonyl (C=O) groups excluding carboxylic acids is 2. The van der Waals surface area contributed by atoms with E-state index in [1.54, 1.807) is 24.3 Å². The first-order valence-corrected chi connectivity index (χ1v) is 15.4. The Bertz CT molecular complexity index is 1570. The Morgan fingerprint density at radius 2 is 1.73 bits per heavy atom. The van der Waals surface area contributed by atoms with Gasteiger partial charge >= 0.3 is 0 Å². The van der Waals surface area contributed by atoms with Crippen LogP contribution in [0.15, 0.2) is 66.9 Å². The number of amides is 2. The molecule has 8 nitrogen and oxygen atoms in total. The maximum absolute atomic E-state index is 14.5. The van der Waals surface area contributed by atoms with Gasteiger partial charge in [-0.2, -0.15) is 0 Å². The van der Waals surface area contributed by atoms with E-state index in [2.05, 4.69) is 15.6 Å². The number of benzene rings is 2. The number of halogens is 3. The van der Waals surface area contributed by atoms with Crippen LogP contribution in [0.5, 0.6) is 0 Å². The number of hydrogen-bond acceptors (Lipinski definition) is 5. The van der Waals surface area contributed by atoms with Gasteiger partial charge in [-0.05, 0) is 55.2 Å². The van der Waals surface area contributed by atoms with Crippen molar-refractivity contribution in [2.24, 2.45) is 0 Å². The number of sulfonamides is 1. The summed E-state index contributed by atoms with van der Waals surface area (Å²) in [6.45, 7) is 0. The zero-order valence-corrected chi connectivity index (χ0v) is 23.6. The first kappa shape index (κ1) is 28.9. The molecule has 1 saturated carbocycles. The Labute approximate surface area is 242 Å². The summed E-state index contributed by atoms with van der Waals surface area (Å²) in [4.78, 5) is 32.8. The predicted octanol–water partition coefficient (Wildman–Crippen LogP) is 5.16. The molecule has 0 radical (unpaired) electrons. The zero-order chi connectivity index (χ0) is 29.2. The summed E-state index contributed by atoms with van der Waals surface area (Å²) in [6.07, 6.45) is 5.08. The molecule has 2 fully saturated rings. The van der Waals surface area contributed by atoms with E-state index in [1.807, 2.05) is 0 Å². The van der Waals surface area contributed by atoms with Gasteiger partial charge in [0.25, 0.3) is 5.91 Å². The second-order valence-electron chi connectivity index (χ2n) is 10.3. The highest BCUT2D eigenvalue weighted by molar-refractivity contribution is 7.93. The maximum Gasteiger partial charge on any atom is 0.252 e. The fraction of sp³-hybridized carbons (Fsp3) is 0.345. The molecular weight excluding hydrogens is 574 g/mol. The van der Waals surface area contributed by atoms with Crippen molar-refractivity contribution in [1.29, 1.82) is 0 Å². The first-order chi connectivity index (χ1) is 19.6. The minimum absolute atomic E-state index is 0.0522. The standard InChI is InChI=1S/C29H29ClF2N4O4S/c30-24-12-5-4-11-23(24)26(27(37)34-21-8-2-1-3-9-21)29(28(38)35-22-10-6-7-19(31)17-22)14-16-41(39,40)36(29)25-18-20(32)13-15-33-25/h4-7,10-13,15,17-18,21,26H,1-3,8-9,14,16H2,(H,34,37)(H,35,38)/t26-,29?/m0/s1. The van der Waals surface area contributed by atoms with Crippen LogP contribution in [0.25, 0.3) is 0 Å². The molecule has 5 rings (SSSR count). The van der Waals surface area contributed by atoms with Crippen molar-refractivity contribution in [2.75, 3.05) is 15.4 Å². The highest BCUT2D eigenvalue weighted by atomic mass is 35.5. The van der Waals surface area contributed by atoms with Crippen LogP contribution >= 0.6 is 11.6 Å². The summed E-state index contributed by atoms with van der Waals surface area (Å²) in [6, 6.07) is 13.3. The lowest BCUT2D eigenvalue weighted by atomic mass is 9.75. The van der Waals surface area contributed by atoms with E-state index in [1.165, 1.54) is 18.2 Å². The van der Waals surface area contributed by atoms with E-state index in [0.717, 1.165) is 60.8 Å². The Kier molecular flexibility index (Phi) is 8.28. The summed E-state index contributed by atoms with van der Waals surface area (Å²) in [5, 5.41) is 5.79. The Hall–Kier alpha value is -3.57. The van der Waals surface area contributed by atoms with Crippen molar-refractivity contribution in [3.8, 4) is 0 Å². The SMILES string of the molecule is O=C(NC1CCCCC1)[C@H](c1ccccc1Cl)C1(C(=O)Nc2cccc(F)c2)CCS(=O)(=O)N1c1cc(F)ccn1. The van der Waals surface area contributed by atoms with Crippen LogP contribution < -0.4 is 14.9 Å². The van der Waals surface area contributed by atoms with Crippen LogP contribution in [0.2, 0.25) is 5.02 Å². The van der Waals surface area contributed by atoms with Gasteiger partial charge in [0.15, 0.2) is 5.54 Å². The molecule has 2 amide bonds. The Balaban J connectivity index is 1.73. The third-order valence-corrected chi connectivity index (χ3v) is 9.81. The normalized spacial score (nSPS) is 21.3. The van der Waals surface area contributed by atoms with Gasteiger partial charge in [0.1, 0.15) is 17.5 Å². The molecule has 2 N–H and O–H groups in total. The van der Waals surface area contributed by atoms with Gasteiger partial charge < -0.3 is 10.6 Å². The van der Waals surface area contributed by atoms with E-state index >= 15 is 0 Å². The summed E-state index contributed by atoms with van der Waals surface area (Å²) in [5.41, 5.74) is -1.90. The summed E-state index contributed by atoms with van der Waals surface area (Å²) < 4.78 is 56.7. The number of nitrogens with zero attached hydrogens (tertiary/aromatic N) is 2. The molecular formula is C29H29ClF2N4O4S. The van der Waals surface area contributed by atoms with Crippen molar-refractivity contribution in [3.63, 3.8) is 0 Å². The lowest BCUT2D eigenvalue weighted by Crippen LogP contribution is -2.62. The van der Waals surface area contributed by atoms with Crippen molar-refractivity contribution in [3.05, 3.63) is 89.1 Å². The van der Waals surface area contributed by atoms with Gasteiger partial charge in [0.2, 0.25) is 15.9 Å². The van der Waals surface area contributed by atoms with Gasteiger partial charge in [0, 0.05) is 29.0 Å². The van der Waals surface area contributed by atoms with Crippen LogP contribution in [-0.4, -0.2) is 42.5 Å². The molecule has 216 valence electrons. The largest absolute Gasteiger partial charge is 0.353 e. The minimum Gasteiger partial charge on any atom is -0.353 e. The second-order valence-corrected chi connectivity index (χ2v) is 12.7. The van der Waals surface area contributed by atoms with Crippen molar-refractivity contribution in [1.82, 2.24) is 10.3 Å². The van der Waals surface area contributed by atoms with Gasteiger partial charge in [-0.25, -0.2) is 26.5 Å². The molecule has 2 aromatic carbocycles. The molecule has 3 aromatic rings. The molecule has 41 heavy (non-hydrogen) atoms. The van der Waals surface area contributed by atoms with Crippen molar-refractivity contribution < 1.29 is 26.8 Å². The number of pyridine rings is 1. The number of aromatic nitrogens is 1. The Morgan fingerprint density at radius 1 is 1.00 bits per heavy atom. The number of rotatable bonds is 7. The number of hydrogen-bond donors (Lipinski definition) is 2. The Morgan fingerprint density at radius 3 is 2.44 bits per heavy atom. The molecule has 12 heteroatoms. The molecule has 0 spiro atoms. The van der Waals surface area contributed by atoms with Crippen LogP contribution in [0, 0.1) is 11.6 Å². The van der Waals surface area contributed by atoms with Gasteiger partial charge in [-0.15, -0.1) is 0 Å². The topological polar surface area (TPSA) is 108 Å². The zero-order valence-electron chi connectivity index (χ0n) is 22.0. The number of anilines is 2. The maximum atomic E-state index is 14.5. The fourth-order valence-electron chi connectivity index (χ4n) is 5.84. The lowest BCUT2D eigenvalue weighted by molar-refractivity contribution is -0.130. The van der Waals surface area contributed by atoms with Gasteiger partial charge in [-0.1, -0.05) is 55.1 Å². The van der Waals surface area contributed by atoms with Crippen LogP contribution in [0.4, 0.5) is 20.3 Å². The third-order valence-electron chi connectivity index (χ3n) is 7.68. The van der Waals surface area contributed by atoms with Crippen LogP contribution in [-0.2, 0) is 19.6 Å². The van der Waals surface area contributed by atoms with Gasteiger partial charge in [-0.3, -0.25) is 9.59 Å². The molecule has 1 aliphatic heterocycles. The minimum atomic E-state index is -4.30. The van der Waals surface area contributed by atoms with E-state index in [9.17, 15) is 26.8 Å². The molecule has 1 aliphatic carbocycles. The molecule has 1 saturated heterocycles. The van der Waals surface area contributed by atoms with Crippen molar-refractivity contribution in [2.45, 2.75) is 56.0 Å². The quantitative estimate of drug-likeness (QED) is 0.388. The highest BCUT2D eigenvalue weighted by Gasteiger charge is 2.63. The fourth-order valence-corrected chi connectivity index (χ4v) is 7.99. The molecule has 2 atom stereocenters. The number of carbonyl (C=O) groups is 2. The molecule has 0 bridgehead atoms. The van der Waals surface area contributed by atoms with E-state index in [-0.39, 0.29) is 34.6 Å². The lowest BCUT2D eigenvalue weighted by Gasteiger charge is -2.42. The smallest absolute Gasteiger partial charge is 0.252 e. The average Bonchev–Trinajstić information content (AvgIpc) is 3.22. The molecule has 1 aromatic heterocycles. The molecule has 2 aliphatic rings. The van der Waals surface area contributed by atoms with E-state index < -0.39 is 50.7 Å². The highest BCUT2D eigenvalue weighted by Crippen LogP contribution is 2.48. The summed E-state index contributed by atoms with van der Waals surface area (Å²) in [5.74, 6) is -5.26. The molecule has 1 unspecified atom stereocenters. The van der Waals surface area contributed by atoms with E-state index in [0.29, 0.717) is 0 Å². The van der Waals surface area contributed by atoms with Crippen molar-refractivity contribution >= 4 is 44.9 Å². The third kappa shape index (κ3) is 5.78. The second kappa shape index (κ2) is 11.7. The first-order valence-electron chi connectivity index (χ1n) is 13.4. The van der Waals surface area contributed by atoms with E-state index in [4.69, 9.17) is 11.6 Å². The van der Waals surface area contributed by atoms with Gasteiger partial charge in [0.05, 0.1) is 11.7 Å². The average molecular weight is 603 g/mol. The van der Waals surface area contributed by atoms with Crippen LogP contribution in [0.1, 0.15) is 50.0 Å².